The Labute approximate surface area is 360 Å². The van der Waals surface area contributed by atoms with Crippen molar-refractivity contribution < 1.29 is 119 Å². The van der Waals surface area contributed by atoms with Gasteiger partial charge in [0.25, 0.3) is 0 Å². The van der Waals surface area contributed by atoms with E-state index in [0.717, 1.165) is 30.3 Å². The third-order valence-corrected chi connectivity index (χ3v) is 11.5. The molecule has 0 spiro atoms. The highest BCUT2D eigenvalue weighted by atomic mass is 16.8. The Bertz CT molecular complexity index is 2150. The average Bonchev–Trinajstić information content (AvgIpc) is 3.26. The van der Waals surface area contributed by atoms with Gasteiger partial charge in [0.1, 0.15) is 102 Å². The molecule has 20 atom stereocenters. The van der Waals surface area contributed by atoms with Gasteiger partial charge in [-0.25, -0.2) is 0 Å². The lowest BCUT2D eigenvalue weighted by Gasteiger charge is -2.46. The fourth-order valence-electron chi connectivity index (χ4n) is 7.61. The van der Waals surface area contributed by atoms with Crippen molar-refractivity contribution in [3.63, 3.8) is 0 Å². The smallest absolute Gasteiger partial charge is 0.239 e. The summed E-state index contributed by atoms with van der Waals surface area (Å²) in [5.74, 6) is -3.98. The normalized spacial score (nSPS) is 40.6. The number of fused-ring (bicyclic) bond motifs is 1. The summed E-state index contributed by atoms with van der Waals surface area (Å²) < 4.78 is 51.5. The molecule has 4 saturated heterocycles. The maximum absolute atomic E-state index is 14.5. The first kappa shape index (κ1) is 47.9. The molecule has 0 saturated carbocycles. The molecule has 64 heavy (non-hydrogen) atoms. The van der Waals surface area contributed by atoms with Crippen LogP contribution in [0.4, 0.5) is 0 Å². The van der Waals surface area contributed by atoms with Gasteiger partial charge in [0, 0.05) is 17.7 Å². The Balaban J connectivity index is 1.28. The maximum Gasteiger partial charge on any atom is 0.239 e. The van der Waals surface area contributed by atoms with E-state index in [0.29, 0.717) is 0 Å². The van der Waals surface area contributed by atoms with Gasteiger partial charge in [-0.3, -0.25) is 4.79 Å². The summed E-state index contributed by atoms with van der Waals surface area (Å²) in [6.45, 7) is 1.16. The van der Waals surface area contributed by atoms with Crippen molar-refractivity contribution in [1.29, 1.82) is 0 Å². The molecule has 1 aromatic heterocycles. The van der Waals surface area contributed by atoms with E-state index in [1.165, 1.54) is 13.8 Å². The third-order valence-electron chi connectivity index (χ3n) is 11.5. The first-order valence-corrected chi connectivity index (χ1v) is 19.9. The molecule has 0 radical (unpaired) electrons. The van der Waals surface area contributed by atoms with Crippen molar-refractivity contribution in [3.8, 4) is 40.1 Å². The second-order valence-corrected chi connectivity index (χ2v) is 15.9. The lowest BCUT2D eigenvalue weighted by Crippen LogP contribution is -2.65. The summed E-state index contributed by atoms with van der Waals surface area (Å²) in [5, 5.41) is 157. The van der Waals surface area contributed by atoms with E-state index >= 15 is 0 Å². The number of hydrogen-bond donors (Lipinski definition) is 15. The molecule has 0 aliphatic carbocycles. The van der Waals surface area contributed by atoms with Crippen LogP contribution >= 0.6 is 0 Å². The summed E-state index contributed by atoms with van der Waals surface area (Å²) in [5.41, 5.74) is -1.85. The molecule has 0 amide bonds. The molecule has 0 bridgehead atoms. The monoisotopic (exact) mass is 918 g/mol. The van der Waals surface area contributed by atoms with Gasteiger partial charge >= 0.3 is 0 Å². The van der Waals surface area contributed by atoms with Gasteiger partial charge in [0.2, 0.25) is 23.8 Å². The summed E-state index contributed by atoms with van der Waals surface area (Å²) in [6.07, 6.45) is -34.6. The van der Waals surface area contributed by atoms with Crippen LogP contribution in [-0.2, 0) is 28.4 Å². The molecular formula is C39H50O25. The van der Waals surface area contributed by atoms with Gasteiger partial charge in [0.05, 0.1) is 25.4 Å². The topological polar surface area (TPSA) is 408 Å². The van der Waals surface area contributed by atoms with Crippen molar-refractivity contribution in [3.05, 3.63) is 40.6 Å². The van der Waals surface area contributed by atoms with Crippen LogP contribution in [0.2, 0.25) is 0 Å². The van der Waals surface area contributed by atoms with E-state index in [4.69, 9.17) is 42.3 Å². The zero-order valence-electron chi connectivity index (χ0n) is 33.6. The second-order valence-electron chi connectivity index (χ2n) is 15.9. The first-order chi connectivity index (χ1) is 30.2. The van der Waals surface area contributed by atoms with Crippen molar-refractivity contribution in [2.75, 3.05) is 13.2 Å². The van der Waals surface area contributed by atoms with Crippen LogP contribution in [0.5, 0.6) is 28.7 Å². The molecule has 356 valence electrons. The summed E-state index contributed by atoms with van der Waals surface area (Å²) in [7, 11) is 0. The van der Waals surface area contributed by atoms with Crippen LogP contribution in [-0.4, -0.2) is 213 Å². The van der Waals surface area contributed by atoms with Crippen LogP contribution in [0, 0.1) is 0 Å². The van der Waals surface area contributed by atoms with Crippen molar-refractivity contribution in [2.24, 2.45) is 0 Å². The van der Waals surface area contributed by atoms with Gasteiger partial charge < -0.3 is 119 Å². The first-order valence-electron chi connectivity index (χ1n) is 19.9. The fraction of sp³-hybridized carbons (Fsp3) is 0.615. The van der Waals surface area contributed by atoms with E-state index in [1.54, 1.807) is 0 Å². The van der Waals surface area contributed by atoms with Gasteiger partial charge in [-0.15, -0.1) is 0 Å². The highest BCUT2D eigenvalue weighted by Crippen LogP contribution is 2.41. The third kappa shape index (κ3) is 9.06. The van der Waals surface area contributed by atoms with E-state index in [-0.39, 0.29) is 11.3 Å². The Morgan fingerprint density at radius 2 is 1.14 bits per heavy atom. The highest BCUT2D eigenvalue weighted by molar-refractivity contribution is 5.88. The van der Waals surface area contributed by atoms with Crippen molar-refractivity contribution in [1.82, 2.24) is 0 Å². The molecule has 0 unspecified atom stereocenters. The van der Waals surface area contributed by atoms with Crippen LogP contribution in [0.3, 0.4) is 0 Å². The number of phenolic OH excluding ortho intramolecular Hbond substituents is 3. The molecule has 7 rings (SSSR count). The molecular weight excluding hydrogens is 868 g/mol. The maximum atomic E-state index is 14.5. The van der Waals surface area contributed by atoms with Crippen LogP contribution in [0.15, 0.2) is 39.5 Å². The molecule has 25 nitrogen and oxygen atoms in total. The van der Waals surface area contributed by atoms with Gasteiger partial charge in [0.15, 0.2) is 35.9 Å². The highest BCUT2D eigenvalue weighted by Gasteiger charge is 2.52. The lowest BCUT2D eigenvalue weighted by molar-refractivity contribution is -0.360. The number of ether oxygens (including phenoxy) is 8. The fourth-order valence-corrected chi connectivity index (χ4v) is 7.61. The molecule has 25 heteroatoms. The minimum Gasteiger partial charge on any atom is -0.507 e. The standard InChI is InChI=1S/C39H50O25/c1-10-21(44)26(49)30(53)36(57-10)56-9-19-24(47)29(52)35(64-37-31(54)27(50)22(45)11(2)58-37)39(62-19)63-34-25(48)20-16(43)6-13(59-38-32(55)28(51)23(46)18(8-40)61-38)7-17(20)60-33(34)12-3-4-14(41)15(42)5-12/h3-7,10-11,18-19,21-24,26-32,35-47,49-55H,8-9H2,1-2H3/t10-,11-,18+,19+,21-,22-,23+,24-,26+,27+,28-,29-,30+,31+,32+,35+,36+,37-,38+,39-/m0/s1. The van der Waals surface area contributed by atoms with Crippen LogP contribution in [0.1, 0.15) is 13.8 Å². The van der Waals surface area contributed by atoms with Crippen LogP contribution in [0.25, 0.3) is 22.3 Å². The number of rotatable bonds is 11. The number of aromatic hydroxyl groups is 3. The van der Waals surface area contributed by atoms with E-state index in [1.807, 2.05) is 0 Å². The zero-order chi connectivity index (χ0) is 46.6. The van der Waals surface area contributed by atoms with Gasteiger partial charge in [-0.05, 0) is 32.0 Å². The summed E-state index contributed by atoms with van der Waals surface area (Å²) >= 11 is 0. The molecule has 4 fully saturated rings. The van der Waals surface area contributed by atoms with Gasteiger partial charge in [-0.1, -0.05) is 0 Å². The molecule has 2 aromatic carbocycles. The molecule has 4 aliphatic heterocycles. The quantitative estimate of drug-likeness (QED) is 0.0798. The minimum absolute atomic E-state index is 0.187. The number of benzene rings is 2. The van der Waals surface area contributed by atoms with E-state index in [9.17, 15) is 81.4 Å². The van der Waals surface area contributed by atoms with E-state index in [2.05, 4.69) is 0 Å². The minimum atomic E-state index is -2.12. The largest absolute Gasteiger partial charge is 0.507 e. The number of aliphatic hydroxyl groups is 12. The van der Waals surface area contributed by atoms with Crippen LogP contribution < -0.4 is 14.9 Å². The summed E-state index contributed by atoms with van der Waals surface area (Å²) in [4.78, 5) is 14.5. The summed E-state index contributed by atoms with van der Waals surface area (Å²) in [6, 6.07) is 5.00. The van der Waals surface area contributed by atoms with E-state index < -0.39 is 181 Å². The SMILES string of the molecule is C[C@@H]1O[C@@H](OC[C@H]2O[C@@H](Oc3c(-c4ccc(O)c(O)c4)oc4cc(O[C@@H]5O[C@H](CO)[C@@H](O)[C@H](O)[C@H]5O)cc(O)c4c3=O)[C@H](O[C@@H]3O[C@@H](C)[C@H](O)[C@@H](O)[C@H]3O)[C@@H](O)[C@H]2O)[C@H](O)[C@H](O)[C@H]1O. The number of phenols is 3. The lowest BCUT2D eigenvalue weighted by atomic mass is 9.97. The Morgan fingerprint density at radius 1 is 0.562 bits per heavy atom. The Hall–Kier alpha value is -4.07. The Morgan fingerprint density at radius 3 is 1.78 bits per heavy atom. The molecule has 3 aromatic rings. The molecule has 4 aliphatic rings. The zero-order valence-corrected chi connectivity index (χ0v) is 33.6. The average molecular weight is 919 g/mol. The van der Waals surface area contributed by atoms with Crippen molar-refractivity contribution >= 4 is 11.0 Å². The molecule has 5 heterocycles. The predicted octanol–water partition coefficient (Wildman–Crippen LogP) is -5.36. The number of hydrogen-bond acceptors (Lipinski definition) is 25. The van der Waals surface area contributed by atoms with Crippen molar-refractivity contribution in [2.45, 2.75) is 137 Å². The number of aliphatic hydroxyl groups excluding tert-OH is 12. The van der Waals surface area contributed by atoms with Gasteiger partial charge in [-0.2, -0.15) is 0 Å². The molecule has 15 N–H and O–H groups in total. The predicted molar refractivity (Wildman–Crippen MR) is 204 cm³/mol. The Kier molecular flexibility index (Phi) is 14.2. The second kappa shape index (κ2) is 19.0.